The molecule has 0 saturated heterocycles. The summed E-state index contributed by atoms with van der Waals surface area (Å²) in [7, 11) is 0. The van der Waals surface area contributed by atoms with E-state index < -0.39 is 17.6 Å². The predicted octanol–water partition coefficient (Wildman–Crippen LogP) is 1.08. The Labute approximate surface area is 85.7 Å². The van der Waals surface area contributed by atoms with Crippen LogP contribution in [0.4, 0.5) is 0 Å². The number of ether oxygens (including phenoxy) is 1. The zero-order chi connectivity index (χ0) is 10.6. The molecule has 1 aromatic carbocycles. The second kappa shape index (κ2) is 4.30. The Balaban J connectivity index is 2.53. The van der Waals surface area contributed by atoms with E-state index >= 15 is 0 Å². The fraction of sp³-hybridized carbons (Fsp3) is 0.222. The first-order chi connectivity index (χ1) is 6.52. The molecule has 0 spiro atoms. The van der Waals surface area contributed by atoms with Crippen molar-refractivity contribution in [2.24, 2.45) is 0 Å². The first kappa shape index (κ1) is 10.8. The first-order valence-electron chi connectivity index (χ1n) is 3.85. The molecule has 2 N–H and O–H groups in total. The molecule has 0 aliphatic carbocycles. The zero-order valence-corrected chi connectivity index (χ0v) is 7.94. The van der Waals surface area contributed by atoms with Crippen LogP contribution in [0.5, 0.6) is 5.75 Å². The average Bonchev–Trinajstić information content (AvgIpc) is 2.16. The van der Waals surface area contributed by atoms with Crippen LogP contribution in [0.15, 0.2) is 30.3 Å². The molecule has 76 valence electrons. The highest BCUT2D eigenvalue weighted by Crippen LogP contribution is 2.15. The Morgan fingerprint density at radius 2 is 2.00 bits per heavy atom. The number of hydrogen-bond acceptors (Lipinski definition) is 3. The number of aliphatic carboxylic acids is 1. The van der Waals surface area contributed by atoms with Crippen molar-refractivity contribution in [3.05, 3.63) is 30.3 Å². The van der Waals surface area contributed by atoms with Gasteiger partial charge in [0.15, 0.2) is 0 Å². The summed E-state index contributed by atoms with van der Waals surface area (Å²) in [6.45, 7) is -0.506. The predicted molar refractivity (Wildman–Crippen MR) is 50.4 cm³/mol. The normalized spacial score (nSPS) is 14.4. The second-order valence-corrected chi connectivity index (χ2v) is 3.29. The molecule has 1 rings (SSSR count). The number of aliphatic hydroxyl groups is 1. The number of carboxylic acids is 1. The molecule has 0 aliphatic rings. The highest BCUT2D eigenvalue weighted by atomic mass is 35.5. The third-order valence-electron chi connectivity index (χ3n) is 1.50. The number of halogens is 1. The van der Waals surface area contributed by atoms with Gasteiger partial charge in [-0.25, -0.2) is 4.79 Å². The van der Waals surface area contributed by atoms with E-state index in [1.54, 1.807) is 30.3 Å². The SMILES string of the molecule is O=C(O)[C@@](O)(Cl)COc1ccccc1. The molecular weight excluding hydrogens is 208 g/mol. The van der Waals surface area contributed by atoms with Crippen LogP contribution in [0, 0.1) is 0 Å². The van der Waals surface area contributed by atoms with Gasteiger partial charge >= 0.3 is 5.97 Å². The molecule has 1 atom stereocenters. The summed E-state index contributed by atoms with van der Waals surface area (Å²) in [5, 5.41) is 15.2. The smallest absolute Gasteiger partial charge is 0.355 e. The first-order valence-corrected chi connectivity index (χ1v) is 4.23. The minimum atomic E-state index is -2.38. The minimum absolute atomic E-state index is 0.452. The molecule has 4 nitrogen and oxygen atoms in total. The van der Waals surface area contributed by atoms with Gasteiger partial charge in [-0.2, -0.15) is 0 Å². The molecule has 0 aliphatic heterocycles. The number of benzene rings is 1. The van der Waals surface area contributed by atoms with Gasteiger partial charge in [0.25, 0.3) is 5.06 Å². The summed E-state index contributed by atoms with van der Waals surface area (Å²) < 4.78 is 4.97. The van der Waals surface area contributed by atoms with Crippen LogP contribution in [0.3, 0.4) is 0 Å². The van der Waals surface area contributed by atoms with Crippen molar-refractivity contribution in [2.75, 3.05) is 6.61 Å². The van der Waals surface area contributed by atoms with Gasteiger partial charge in [0.2, 0.25) is 0 Å². The molecule has 0 amide bonds. The summed E-state index contributed by atoms with van der Waals surface area (Å²) in [5.41, 5.74) is 0. The lowest BCUT2D eigenvalue weighted by Crippen LogP contribution is -2.38. The van der Waals surface area contributed by atoms with E-state index in [1.807, 2.05) is 0 Å². The maximum atomic E-state index is 10.4. The standard InChI is InChI=1S/C9H9ClO4/c10-9(13,8(11)12)6-14-7-4-2-1-3-5-7/h1-5,13H,6H2,(H,11,12)/t9-/m1/s1. The Hall–Kier alpha value is -1.26. The van der Waals surface area contributed by atoms with Crippen LogP contribution in [0.25, 0.3) is 0 Å². The molecule has 0 fully saturated rings. The Bertz CT molecular complexity index is 310. The Morgan fingerprint density at radius 1 is 1.43 bits per heavy atom. The Kier molecular flexibility index (Phi) is 3.33. The number of rotatable bonds is 4. The lowest BCUT2D eigenvalue weighted by atomic mass is 10.3. The summed E-state index contributed by atoms with van der Waals surface area (Å²) in [5.74, 6) is -1.08. The lowest BCUT2D eigenvalue weighted by molar-refractivity contribution is -0.152. The van der Waals surface area contributed by atoms with Gasteiger partial charge in [-0.1, -0.05) is 29.8 Å². The van der Waals surface area contributed by atoms with Crippen molar-refractivity contribution < 1.29 is 19.7 Å². The summed E-state index contributed by atoms with van der Waals surface area (Å²) in [6.07, 6.45) is 0. The van der Waals surface area contributed by atoms with E-state index in [0.717, 1.165) is 0 Å². The highest BCUT2D eigenvalue weighted by molar-refractivity contribution is 6.32. The molecule has 0 aromatic heterocycles. The average molecular weight is 217 g/mol. The molecule has 0 bridgehead atoms. The van der Waals surface area contributed by atoms with Gasteiger partial charge in [-0.05, 0) is 12.1 Å². The molecule has 0 saturated carbocycles. The van der Waals surface area contributed by atoms with Gasteiger partial charge < -0.3 is 14.9 Å². The molecule has 5 heteroatoms. The van der Waals surface area contributed by atoms with Gasteiger partial charge in [0, 0.05) is 0 Å². The van der Waals surface area contributed by atoms with E-state index in [0.29, 0.717) is 5.75 Å². The molecule has 1 aromatic rings. The lowest BCUT2D eigenvalue weighted by Gasteiger charge is -2.15. The monoisotopic (exact) mass is 216 g/mol. The fourth-order valence-corrected chi connectivity index (χ4v) is 0.812. The van der Waals surface area contributed by atoms with E-state index in [9.17, 15) is 4.79 Å². The Morgan fingerprint density at radius 3 is 2.50 bits per heavy atom. The van der Waals surface area contributed by atoms with Crippen LogP contribution in [0.2, 0.25) is 0 Å². The van der Waals surface area contributed by atoms with Gasteiger partial charge in [-0.15, -0.1) is 0 Å². The largest absolute Gasteiger partial charge is 0.489 e. The van der Waals surface area contributed by atoms with E-state index in [2.05, 4.69) is 0 Å². The second-order valence-electron chi connectivity index (χ2n) is 2.67. The quantitative estimate of drug-likeness (QED) is 0.739. The minimum Gasteiger partial charge on any atom is -0.489 e. The van der Waals surface area contributed by atoms with Crippen molar-refractivity contribution in [3.8, 4) is 5.75 Å². The fourth-order valence-electron chi connectivity index (χ4n) is 0.757. The van der Waals surface area contributed by atoms with Crippen molar-refractivity contribution in [1.29, 1.82) is 0 Å². The van der Waals surface area contributed by atoms with Crippen molar-refractivity contribution in [1.82, 2.24) is 0 Å². The van der Waals surface area contributed by atoms with Crippen molar-refractivity contribution in [3.63, 3.8) is 0 Å². The number of alkyl halides is 1. The van der Waals surface area contributed by atoms with Crippen LogP contribution in [-0.2, 0) is 4.79 Å². The van der Waals surface area contributed by atoms with Crippen LogP contribution in [0.1, 0.15) is 0 Å². The summed E-state index contributed by atoms with van der Waals surface area (Å²) >= 11 is 5.25. The van der Waals surface area contributed by atoms with Gasteiger partial charge in [-0.3, -0.25) is 0 Å². The number of hydrogen-bond donors (Lipinski definition) is 2. The van der Waals surface area contributed by atoms with Crippen LogP contribution >= 0.6 is 11.6 Å². The van der Waals surface area contributed by atoms with Crippen LogP contribution < -0.4 is 4.74 Å². The van der Waals surface area contributed by atoms with Gasteiger partial charge in [0.1, 0.15) is 12.4 Å². The van der Waals surface area contributed by atoms with E-state index in [4.69, 9.17) is 26.6 Å². The van der Waals surface area contributed by atoms with E-state index in [1.165, 1.54) is 0 Å². The highest BCUT2D eigenvalue weighted by Gasteiger charge is 2.34. The molecule has 14 heavy (non-hydrogen) atoms. The summed E-state index contributed by atoms with van der Waals surface area (Å²) in [6, 6.07) is 8.51. The van der Waals surface area contributed by atoms with Gasteiger partial charge in [0.05, 0.1) is 0 Å². The molecule has 0 heterocycles. The van der Waals surface area contributed by atoms with E-state index in [-0.39, 0.29) is 0 Å². The molecule has 0 unspecified atom stereocenters. The third-order valence-corrected chi connectivity index (χ3v) is 1.77. The maximum absolute atomic E-state index is 10.4. The number of para-hydroxylation sites is 1. The van der Waals surface area contributed by atoms with Crippen LogP contribution in [-0.4, -0.2) is 27.8 Å². The third kappa shape index (κ3) is 2.90. The topological polar surface area (TPSA) is 66.8 Å². The molecular formula is C9H9ClO4. The maximum Gasteiger partial charge on any atom is 0.355 e. The number of carboxylic acid groups (broad SMARTS) is 1. The number of carbonyl (C=O) groups is 1. The molecule has 0 radical (unpaired) electrons. The van der Waals surface area contributed by atoms with Crippen molar-refractivity contribution in [2.45, 2.75) is 5.06 Å². The van der Waals surface area contributed by atoms with Crippen molar-refractivity contribution >= 4 is 17.6 Å². The zero-order valence-electron chi connectivity index (χ0n) is 7.18. The summed E-state index contributed by atoms with van der Waals surface area (Å²) in [4.78, 5) is 10.4.